The van der Waals surface area contributed by atoms with Crippen molar-refractivity contribution in [2.24, 2.45) is 0 Å². The summed E-state index contributed by atoms with van der Waals surface area (Å²) in [6, 6.07) is 10.3. The molecule has 40 heavy (non-hydrogen) atoms. The molecule has 7 rings (SSSR count). The highest BCUT2D eigenvalue weighted by Crippen LogP contribution is 2.41. The van der Waals surface area contributed by atoms with Crippen LogP contribution in [-0.4, -0.2) is 91.9 Å². The van der Waals surface area contributed by atoms with Crippen LogP contribution in [0, 0.1) is 5.82 Å². The second-order valence-corrected chi connectivity index (χ2v) is 11.1. The van der Waals surface area contributed by atoms with Crippen molar-refractivity contribution in [2.75, 3.05) is 37.7 Å². The van der Waals surface area contributed by atoms with Gasteiger partial charge in [0, 0.05) is 37.8 Å². The third kappa shape index (κ3) is 4.11. The monoisotopic (exact) mass is 549 g/mol. The molecule has 208 valence electrons. The third-order valence-electron chi connectivity index (χ3n) is 8.53. The van der Waals surface area contributed by atoms with Crippen molar-refractivity contribution >= 4 is 27.5 Å². The SMILES string of the molecule is Oc1cc(-c2ncc3c(N4C[C@@H](O)[C@H](O)C4)nc(OC[C@@]45CCCN4C[C@H](F)C5)nc3c2F)c2ccccc2c1. The summed E-state index contributed by atoms with van der Waals surface area (Å²) >= 11 is 0. The van der Waals surface area contributed by atoms with Crippen LogP contribution in [0.2, 0.25) is 0 Å². The fourth-order valence-electron chi connectivity index (χ4n) is 6.60. The zero-order chi connectivity index (χ0) is 27.6. The van der Waals surface area contributed by atoms with E-state index in [1.54, 1.807) is 11.0 Å². The normalized spacial score (nSPS) is 26.7. The fraction of sp³-hybridized carbons (Fsp3) is 0.414. The number of benzene rings is 2. The zero-order valence-corrected chi connectivity index (χ0v) is 21.7. The number of hydrogen-bond donors (Lipinski definition) is 3. The molecule has 0 aliphatic carbocycles. The number of ether oxygens (including phenoxy) is 1. The maximum atomic E-state index is 16.4. The molecule has 4 aromatic rings. The molecule has 9 nitrogen and oxygen atoms in total. The highest BCUT2D eigenvalue weighted by molar-refractivity contribution is 5.99. The lowest BCUT2D eigenvalue weighted by atomic mass is 9.95. The van der Waals surface area contributed by atoms with Gasteiger partial charge in [-0.2, -0.15) is 9.97 Å². The first kappa shape index (κ1) is 25.3. The molecule has 3 N–H and O–H groups in total. The minimum atomic E-state index is -0.990. The molecule has 3 aliphatic rings. The van der Waals surface area contributed by atoms with Crippen molar-refractivity contribution in [1.29, 1.82) is 0 Å². The van der Waals surface area contributed by atoms with E-state index < -0.39 is 29.7 Å². The number of rotatable bonds is 5. The number of aromatic nitrogens is 3. The van der Waals surface area contributed by atoms with E-state index in [-0.39, 0.29) is 48.5 Å². The smallest absolute Gasteiger partial charge is 0.319 e. The minimum absolute atomic E-state index is 0.00770. The summed E-state index contributed by atoms with van der Waals surface area (Å²) < 4.78 is 36.7. The van der Waals surface area contributed by atoms with Crippen LogP contribution in [0.1, 0.15) is 19.3 Å². The summed E-state index contributed by atoms with van der Waals surface area (Å²) in [5, 5.41) is 32.5. The molecule has 0 unspecified atom stereocenters. The Morgan fingerprint density at radius 1 is 1.05 bits per heavy atom. The summed E-state index contributed by atoms with van der Waals surface area (Å²) in [6.07, 6.45) is 0.673. The second-order valence-electron chi connectivity index (χ2n) is 11.1. The summed E-state index contributed by atoms with van der Waals surface area (Å²) in [5.74, 6) is -0.456. The van der Waals surface area contributed by atoms with Crippen molar-refractivity contribution in [3.05, 3.63) is 48.4 Å². The number of aromatic hydroxyl groups is 1. The van der Waals surface area contributed by atoms with Crippen molar-refractivity contribution in [3.8, 4) is 23.0 Å². The van der Waals surface area contributed by atoms with Crippen LogP contribution in [0.4, 0.5) is 14.6 Å². The Bertz CT molecular complexity index is 1610. The quantitative estimate of drug-likeness (QED) is 0.345. The summed E-state index contributed by atoms with van der Waals surface area (Å²) in [6.45, 7) is 1.53. The van der Waals surface area contributed by atoms with E-state index in [4.69, 9.17) is 4.74 Å². The molecule has 0 bridgehead atoms. The summed E-state index contributed by atoms with van der Waals surface area (Å²) in [5.41, 5.74) is -0.0670. The van der Waals surface area contributed by atoms with Crippen molar-refractivity contribution < 1.29 is 28.8 Å². The third-order valence-corrected chi connectivity index (χ3v) is 8.53. The van der Waals surface area contributed by atoms with Gasteiger partial charge in [0.25, 0.3) is 0 Å². The molecule has 2 aromatic carbocycles. The lowest BCUT2D eigenvalue weighted by Crippen LogP contribution is -2.43. The number of fused-ring (bicyclic) bond motifs is 3. The van der Waals surface area contributed by atoms with Crippen LogP contribution < -0.4 is 9.64 Å². The Hall–Kier alpha value is -3.67. The van der Waals surface area contributed by atoms with Crippen molar-refractivity contribution in [2.45, 2.75) is 43.2 Å². The number of aliphatic hydroxyl groups excluding tert-OH is 2. The molecule has 2 aromatic heterocycles. The van der Waals surface area contributed by atoms with Gasteiger partial charge >= 0.3 is 6.01 Å². The molecule has 3 saturated heterocycles. The van der Waals surface area contributed by atoms with Gasteiger partial charge in [-0.25, -0.2) is 8.78 Å². The highest BCUT2D eigenvalue weighted by Gasteiger charge is 2.49. The van der Waals surface area contributed by atoms with E-state index >= 15 is 4.39 Å². The van der Waals surface area contributed by atoms with Gasteiger partial charge in [0.05, 0.1) is 23.1 Å². The largest absolute Gasteiger partial charge is 0.508 e. The average Bonchev–Trinajstić information content (AvgIpc) is 3.58. The summed E-state index contributed by atoms with van der Waals surface area (Å²) in [7, 11) is 0. The minimum Gasteiger partial charge on any atom is -0.508 e. The van der Waals surface area contributed by atoms with Crippen LogP contribution in [-0.2, 0) is 0 Å². The van der Waals surface area contributed by atoms with E-state index in [0.29, 0.717) is 29.3 Å². The number of anilines is 1. The van der Waals surface area contributed by atoms with E-state index in [9.17, 15) is 19.7 Å². The second kappa shape index (κ2) is 9.46. The number of phenolic OH excluding ortho intramolecular Hbond substituents is 1. The maximum absolute atomic E-state index is 16.4. The van der Waals surface area contributed by atoms with Crippen LogP contribution in [0.3, 0.4) is 0 Å². The number of halogens is 2. The van der Waals surface area contributed by atoms with Crippen LogP contribution in [0.5, 0.6) is 11.8 Å². The van der Waals surface area contributed by atoms with E-state index in [2.05, 4.69) is 19.9 Å². The Kier molecular flexibility index (Phi) is 5.99. The number of aliphatic hydroxyl groups is 2. The fourth-order valence-corrected chi connectivity index (χ4v) is 6.60. The molecule has 3 aliphatic heterocycles. The van der Waals surface area contributed by atoms with Gasteiger partial charge in [0.15, 0.2) is 5.82 Å². The predicted octanol–water partition coefficient (Wildman–Crippen LogP) is 3.19. The number of β-amino-alcohol motifs (C(OH)–C–C–N with tert-alkyl or cyclic N) is 2. The first-order chi connectivity index (χ1) is 19.3. The van der Waals surface area contributed by atoms with Crippen molar-refractivity contribution in [1.82, 2.24) is 19.9 Å². The Labute approximate surface area is 228 Å². The standard InChI is InChI=1S/C29H29F2N5O4/c30-17-10-29(6-3-7-36(29)12-17)15-40-28-33-26-21(27(34-28)35-13-22(38)23(39)14-35)11-32-25(24(26)31)20-9-18(37)8-16-4-1-2-5-19(16)20/h1-2,4-5,8-9,11,17,22-23,37-39H,3,6-7,10,12-15H2/t17-,22-,23-,29+/m1/s1. The Morgan fingerprint density at radius 3 is 2.67 bits per heavy atom. The van der Waals surface area contributed by atoms with Crippen LogP contribution >= 0.6 is 0 Å². The molecular weight excluding hydrogens is 520 g/mol. The number of alkyl halides is 1. The topological polar surface area (TPSA) is 115 Å². The molecule has 0 amide bonds. The first-order valence-electron chi connectivity index (χ1n) is 13.5. The number of pyridine rings is 1. The molecule has 11 heteroatoms. The molecule has 0 spiro atoms. The molecule has 0 saturated carbocycles. The molecule has 0 radical (unpaired) electrons. The number of nitrogens with zero attached hydrogens (tertiary/aromatic N) is 5. The van der Waals surface area contributed by atoms with Gasteiger partial charge in [-0.05, 0) is 42.3 Å². The lowest BCUT2D eigenvalue weighted by molar-refractivity contribution is 0.0572. The number of hydrogen-bond acceptors (Lipinski definition) is 9. The van der Waals surface area contributed by atoms with Crippen molar-refractivity contribution in [3.63, 3.8) is 0 Å². The van der Waals surface area contributed by atoms with Crippen LogP contribution in [0.25, 0.3) is 32.9 Å². The Morgan fingerprint density at radius 2 is 1.85 bits per heavy atom. The van der Waals surface area contributed by atoms with Gasteiger partial charge in [-0.15, -0.1) is 0 Å². The predicted molar refractivity (Wildman–Crippen MR) is 145 cm³/mol. The summed E-state index contributed by atoms with van der Waals surface area (Å²) in [4.78, 5) is 17.2. The lowest BCUT2D eigenvalue weighted by Gasteiger charge is -2.31. The first-order valence-corrected chi connectivity index (χ1v) is 13.5. The zero-order valence-electron chi connectivity index (χ0n) is 21.7. The van der Waals surface area contributed by atoms with Gasteiger partial charge in [0.2, 0.25) is 0 Å². The van der Waals surface area contributed by atoms with E-state index in [1.165, 1.54) is 12.3 Å². The highest BCUT2D eigenvalue weighted by atomic mass is 19.1. The molecular formula is C29H29F2N5O4. The average molecular weight is 550 g/mol. The van der Waals surface area contributed by atoms with Crippen LogP contribution in [0.15, 0.2) is 42.6 Å². The molecule has 5 heterocycles. The molecule has 4 atom stereocenters. The van der Waals surface area contributed by atoms with E-state index in [0.717, 1.165) is 24.8 Å². The Balaban J connectivity index is 1.35. The van der Waals surface area contributed by atoms with E-state index in [1.807, 2.05) is 24.3 Å². The number of phenols is 1. The molecule has 3 fully saturated rings. The van der Waals surface area contributed by atoms with Gasteiger partial charge in [0.1, 0.15) is 35.6 Å². The van der Waals surface area contributed by atoms with Gasteiger partial charge < -0.3 is 25.0 Å². The van der Waals surface area contributed by atoms with Gasteiger partial charge in [-0.3, -0.25) is 9.88 Å². The maximum Gasteiger partial charge on any atom is 0.319 e. The van der Waals surface area contributed by atoms with Gasteiger partial charge in [-0.1, -0.05) is 24.3 Å².